The van der Waals surface area contributed by atoms with E-state index in [1.165, 1.54) is 4.31 Å². The molecular weight excluding hydrogens is 388 g/mol. The van der Waals surface area contributed by atoms with Crippen LogP contribution in [0.3, 0.4) is 0 Å². The lowest BCUT2D eigenvalue weighted by atomic mass is 10.1. The minimum Gasteiger partial charge on any atom is -0.349 e. The number of benzene rings is 1. The molecule has 0 atom stereocenters. The van der Waals surface area contributed by atoms with Crippen molar-refractivity contribution in [2.24, 2.45) is 0 Å². The third-order valence-electron chi connectivity index (χ3n) is 5.17. The number of likely N-dealkylation sites (N-methyl/N-ethyl adjacent to an activating group) is 1. The molecule has 2 aromatic rings. The molecule has 0 aliphatic carbocycles. The monoisotopic (exact) mass is 416 g/mol. The molecule has 2 heterocycles. The van der Waals surface area contributed by atoms with Gasteiger partial charge in [0, 0.05) is 32.0 Å². The highest BCUT2D eigenvalue weighted by Crippen LogP contribution is 2.27. The maximum Gasteiger partial charge on any atom is 0.246 e. The molecule has 1 aliphatic heterocycles. The molecule has 8 heteroatoms. The van der Waals surface area contributed by atoms with Gasteiger partial charge in [0.15, 0.2) is 0 Å². The first-order chi connectivity index (χ1) is 13.8. The van der Waals surface area contributed by atoms with Gasteiger partial charge in [0.1, 0.15) is 10.7 Å². The number of carbonyl (C=O) groups is 1. The van der Waals surface area contributed by atoms with Crippen LogP contribution in [-0.2, 0) is 14.8 Å². The summed E-state index contributed by atoms with van der Waals surface area (Å²) in [6, 6.07) is 9.00. The molecule has 3 rings (SSSR count). The fourth-order valence-electron chi connectivity index (χ4n) is 3.60. The Hall–Kier alpha value is -2.45. The molecule has 0 radical (unpaired) electrons. The number of rotatable bonds is 6. The van der Waals surface area contributed by atoms with E-state index >= 15 is 0 Å². The molecule has 7 nitrogen and oxygen atoms in total. The molecule has 1 N–H and O–H groups in total. The van der Waals surface area contributed by atoms with Gasteiger partial charge >= 0.3 is 0 Å². The first kappa shape index (κ1) is 21.3. The van der Waals surface area contributed by atoms with Crippen molar-refractivity contribution in [3.8, 4) is 0 Å². The van der Waals surface area contributed by atoms with Gasteiger partial charge < -0.3 is 10.2 Å². The lowest BCUT2D eigenvalue weighted by molar-refractivity contribution is -0.114. The van der Waals surface area contributed by atoms with Crippen LogP contribution in [0, 0.1) is 13.8 Å². The fourth-order valence-corrected chi connectivity index (χ4v) is 5.30. The predicted octanol–water partition coefficient (Wildman–Crippen LogP) is 2.95. The molecule has 1 aromatic carbocycles. The number of hydrogen-bond acceptors (Lipinski definition) is 5. The smallest absolute Gasteiger partial charge is 0.246 e. The van der Waals surface area contributed by atoms with Crippen LogP contribution in [0.5, 0.6) is 0 Å². The van der Waals surface area contributed by atoms with E-state index in [2.05, 4.69) is 10.3 Å². The number of piperidine rings is 1. The number of aromatic nitrogens is 1. The molecule has 0 bridgehead atoms. The quantitative estimate of drug-likeness (QED) is 0.783. The number of amides is 1. The van der Waals surface area contributed by atoms with Gasteiger partial charge in [-0.15, -0.1) is 0 Å². The van der Waals surface area contributed by atoms with Gasteiger partial charge in [-0.1, -0.05) is 24.6 Å². The van der Waals surface area contributed by atoms with Crippen LogP contribution >= 0.6 is 0 Å². The van der Waals surface area contributed by atoms with Gasteiger partial charge in [-0.05, 0) is 49.9 Å². The molecule has 1 amide bonds. The summed E-state index contributed by atoms with van der Waals surface area (Å²) in [6.07, 6.45) is 4.32. The number of nitrogens with one attached hydrogen (secondary N) is 1. The average molecular weight is 417 g/mol. The average Bonchev–Trinajstić information content (AvgIpc) is 2.71. The topological polar surface area (TPSA) is 82.6 Å². The molecule has 1 fully saturated rings. The van der Waals surface area contributed by atoms with E-state index < -0.39 is 10.0 Å². The van der Waals surface area contributed by atoms with E-state index in [1.807, 2.05) is 32.0 Å². The van der Waals surface area contributed by atoms with E-state index in [0.717, 1.165) is 36.1 Å². The first-order valence-corrected chi connectivity index (χ1v) is 11.3. The van der Waals surface area contributed by atoms with Crippen molar-refractivity contribution >= 4 is 27.4 Å². The van der Waals surface area contributed by atoms with Gasteiger partial charge in [-0.2, -0.15) is 4.31 Å². The molecule has 0 saturated carbocycles. The molecule has 0 spiro atoms. The highest BCUT2D eigenvalue weighted by atomic mass is 32.2. The summed E-state index contributed by atoms with van der Waals surface area (Å²) in [5, 5.41) is 2.93. The van der Waals surface area contributed by atoms with E-state index in [1.54, 1.807) is 30.3 Å². The summed E-state index contributed by atoms with van der Waals surface area (Å²) < 4.78 is 27.8. The van der Waals surface area contributed by atoms with E-state index in [9.17, 15) is 13.2 Å². The van der Waals surface area contributed by atoms with Crippen LogP contribution in [0.15, 0.2) is 41.4 Å². The summed E-state index contributed by atoms with van der Waals surface area (Å²) in [6.45, 7) is 4.91. The summed E-state index contributed by atoms with van der Waals surface area (Å²) in [7, 11) is -1.97. The third-order valence-corrected chi connectivity index (χ3v) is 7.09. The van der Waals surface area contributed by atoms with Gasteiger partial charge in [0.2, 0.25) is 15.9 Å². The van der Waals surface area contributed by atoms with Crippen molar-refractivity contribution in [2.45, 2.75) is 38.0 Å². The Labute approximate surface area is 172 Å². The Bertz CT molecular complexity index is 965. The summed E-state index contributed by atoms with van der Waals surface area (Å²) in [5.74, 6) is 0.0617. The van der Waals surface area contributed by atoms with Crippen LogP contribution in [0.2, 0.25) is 0 Å². The van der Waals surface area contributed by atoms with Crippen LogP contribution in [0.1, 0.15) is 30.4 Å². The SMILES string of the molecule is Cc1cccc(C)c1NC(=O)CN(C)c1ncccc1S(=O)(=O)N1CCCCC1. The maximum absolute atomic E-state index is 13.1. The van der Waals surface area contributed by atoms with E-state index in [4.69, 9.17) is 0 Å². The van der Waals surface area contributed by atoms with Gasteiger partial charge in [-0.25, -0.2) is 13.4 Å². The number of sulfonamides is 1. The van der Waals surface area contributed by atoms with Gasteiger partial charge in [0.25, 0.3) is 0 Å². The van der Waals surface area contributed by atoms with Gasteiger partial charge in [-0.3, -0.25) is 4.79 Å². The second-order valence-electron chi connectivity index (χ2n) is 7.46. The number of hydrogen-bond donors (Lipinski definition) is 1. The lowest BCUT2D eigenvalue weighted by Crippen LogP contribution is -2.37. The van der Waals surface area contributed by atoms with Crippen molar-refractivity contribution in [3.05, 3.63) is 47.7 Å². The third kappa shape index (κ3) is 4.76. The van der Waals surface area contributed by atoms with Crippen LogP contribution in [-0.4, -0.2) is 50.3 Å². The number of para-hydroxylation sites is 1. The number of aryl methyl sites for hydroxylation is 2. The van der Waals surface area contributed by atoms with E-state index in [-0.39, 0.29) is 23.2 Å². The molecule has 156 valence electrons. The Balaban J connectivity index is 1.79. The maximum atomic E-state index is 13.1. The van der Waals surface area contributed by atoms with Gasteiger partial charge in [0.05, 0.1) is 6.54 Å². The lowest BCUT2D eigenvalue weighted by Gasteiger charge is -2.28. The Morgan fingerprint density at radius 3 is 2.41 bits per heavy atom. The molecular formula is C21H28N4O3S. The molecule has 1 saturated heterocycles. The Kier molecular flexibility index (Phi) is 6.54. The van der Waals surface area contributed by atoms with E-state index in [0.29, 0.717) is 13.1 Å². The minimum absolute atomic E-state index is 0.00664. The molecule has 0 unspecified atom stereocenters. The second kappa shape index (κ2) is 8.92. The summed E-state index contributed by atoms with van der Waals surface area (Å²) in [4.78, 5) is 18.6. The zero-order valence-electron chi connectivity index (χ0n) is 17.2. The Morgan fingerprint density at radius 1 is 1.10 bits per heavy atom. The zero-order valence-corrected chi connectivity index (χ0v) is 18.0. The summed E-state index contributed by atoms with van der Waals surface area (Å²) >= 11 is 0. The van der Waals surface area contributed by atoms with Crippen molar-refractivity contribution in [1.29, 1.82) is 0 Å². The van der Waals surface area contributed by atoms with Crippen molar-refractivity contribution in [3.63, 3.8) is 0 Å². The largest absolute Gasteiger partial charge is 0.349 e. The first-order valence-electron chi connectivity index (χ1n) is 9.83. The molecule has 1 aliphatic rings. The number of carbonyl (C=O) groups excluding carboxylic acids is 1. The number of pyridine rings is 1. The highest BCUT2D eigenvalue weighted by Gasteiger charge is 2.30. The predicted molar refractivity (Wildman–Crippen MR) is 115 cm³/mol. The van der Waals surface area contributed by atoms with Crippen LogP contribution < -0.4 is 10.2 Å². The summed E-state index contributed by atoms with van der Waals surface area (Å²) in [5.41, 5.74) is 2.74. The van der Waals surface area contributed by atoms with Crippen molar-refractivity contribution in [1.82, 2.24) is 9.29 Å². The number of nitrogens with zero attached hydrogens (tertiary/aromatic N) is 3. The van der Waals surface area contributed by atoms with Crippen molar-refractivity contribution < 1.29 is 13.2 Å². The van der Waals surface area contributed by atoms with Crippen LogP contribution in [0.25, 0.3) is 0 Å². The fraction of sp³-hybridized carbons (Fsp3) is 0.429. The van der Waals surface area contributed by atoms with Crippen molar-refractivity contribution in [2.75, 3.05) is 36.9 Å². The second-order valence-corrected chi connectivity index (χ2v) is 9.37. The molecule has 1 aromatic heterocycles. The highest BCUT2D eigenvalue weighted by molar-refractivity contribution is 7.89. The number of anilines is 2. The Morgan fingerprint density at radius 2 is 1.76 bits per heavy atom. The van der Waals surface area contributed by atoms with Crippen LogP contribution in [0.4, 0.5) is 11.5 Å². The zero-order chi connectivity index (χ0) is 21.0. The normalized spacial score (nSPS) is 15.1. The minimum atomic E-state index is -3.65. The standard InChI is InChI=1S/C21H28N4O3S/c1-16-9-7-10-17(2)20(16)23-19(26)15-24(3)21-18(11-8-12-22-21)29(27,28)25-13-5-4-6-14-25/h7-12H,4-6,13-15H2,1-3H3,(H,23,26). The molecule has 29 heavy (non-hydrogen) atoms.